The maximum absolute atomic E-state index is 2.50. The summed E-state index contributed by atoms with van der Waals surface area (Å²) in [5.74, 6) is 0. The lowest BCUT2D eigenvalue weighted by molar-refractivity contribution is 0.661. The van der Waals surface area contributed by atoms with Crippen molar-refractivity contribution >= 4 is 53.9 Å². The number of hydrogen-bond acceptors (Lipinski definition) is 0. The van der Waals surface area contributed by atoms with Gasteiger partial charge >= 0.3 is 0 Å². The van der Waals surface area contributed by atoms with E-state index in [1.54, 1.807) is 0 Å². The Morgan fingerprint density at radius 2 is 0.915 bits per heavy atom. The fourth-order valence-corrected chi connectivity index (χ4v) is 8.55. The Bertz CT molecular complexity index is 2750. The zero-order chi connectivity index (χ0) is 31.3. The van der Waals surface area contributed by atoms with E-state index >= 15 is 0 Å². The zero-order valence-corrected chi connectivity index (χ0v) is 26.5. The molecular weight excluding hydrogens is 565 g/mol. The molecule has 1 aliphatic carbocycles. The fraction of sp³-hybridized carbons (Fsp3) is 0.0638. The monoisotopic (exact) mass is 596 g/mol. The summed E-state index contributed by atoms with van der Waals surface area (Å²) in [6.07, 6.45) is 0. The highest BCUT2D eigenvalue weighted by Gasteiger charge is 2.38. The Labute approximate surface area is 274 Å². The molecule has 0 heteroatoms. The predicted octanol–water partition coefficient (Wildman–Crippen LogP) is 13.1. The Morgan fingerprint density at radius 1 is 0.319 bits per heavy atom. The van der Waals surface area contributed by atoms with Gasteiger partial charge in [0, 0.05) is 5.41 Å². The van der Waals surface area contributed by atoms with E-state index in [9.17, 15) is 0 Å². The van der Waals surface area contributed by atoms with Crippen molar-refractivity contribution in [2.75, 3.05) is 0 Å². The van der Waals surface area contributed by atoms with E-state index in [0.717, 1.165) is 0 Å². The Balaban J connectivity index is 1.29. The third-order valence-corrected chi connectivity index (χ3v) is 10.8. The average Bonchev–Trinajstić information content (AvgIpc) is 3.34. The molecule has 1 aliphatic rings. The minimum Gasteiger partial charge on any atom is -0.0616 e. The van der Waals surface area contributed by atoms with Crippen molar-refractivity contribution in [3.8, 4) is 33.4 Å². The number of fused-ring (bicyclic) bond motifs is 9. The van der Waals surface area contributed by atoms with Crippen LogP contribution in [0.15, 0.2) is 158 Å². The molecule has 0 N–H and O–H groups in total. The highest BCUT2D eigenvalue weighted by molar-refractivity contribution is 6.20. The summed E-state index contributed by atoms with van der Waals surface area (Å²) < 4.78 is 0. The minimum atomic E-state index is -0.170. The van der Waals surface area contributed by atoms with Gasteiger partial charge in [-0.15, -0.1) is 0 Å². The first-order chi connectivity index (χ1) is 23.1. The smallest absolute Gasteiger partial charge is 0.0159 e. The van der Waals surface area contributed by atoms with Crippen molar-refractivity contribution < 1.29 is 0 Å². The van der Waals surface area contributed by atoms with Crippen LogP contribution in [0, 0.1) is 0 Å². The number of rotatable bonds is 2. The molecule has 0 atom stereocenters. The van der Waals surface area contributed by atoms with Crippen molar-refractivity contribution in [1.29, 1.82) is 0 Å². The van der Waals surface area contributed by atoms with E-state index in [4.69, 9.17) is 0 Å². The van der Waals surface area contributed by atoms with Gasteiger partial charge in [0.2, 0.25) is 0 Å². The van der Waals surface area contributed by atoms with Gasteiger partial charge in [0.05, 0.1) is 0 Å². The Hall–Kier alpha value is -5.72. The van der Waals surface area contributed by atoms with Crippen molar-refractivity contribution in [2.24, 2.45) is 0 Å². The van der Waals surface area contributed by atoms with Crippen LogP contribution in [0.25, 0.3) is 87.2 Å². The Morgan fingerprint density at radius 3 is 1.68 bits per heavy atom. The quantitative estimate of drug-likeness (QED) is 0.138. The first-order valence-corrected chi connectivity index (χ1v) is 16.6. The van der Waals surface area contributed by atoms with E-state index in [1.165, 1.54) is 98.4 Å². The summed E-state index contributed by atoms with van der Waals surface area (Å²) in [5.41, 5.74) is 10.6. The SMILES string of the molecule is CC1(C)c2cc(-c3c4ccccc4cc4c3ccc3ccccc34)ccc2-c2c1cc1ccccc1c2-c1cccc2ccccc12. The standard InChI is InChI=1S/C47H32/c1-47(2)42-28-33(44-36-19-9-5-14-31(36)26-41-35-18-8-4-13-30(35)22-24-39(41)44)23-25-40(42)46-43(47)27-32-15-6-10-20-37(32)45(46)38-21-11-16-29-12-3-7-17-34(29)38/h3-28H,1-2H3. The summed E-state index contributed by atoms with van der Waals surface area (Å²) in [6.45, 7) is 4.83. The highest BCUT2D eigenvalue weighted by Crippen LogP contribution is 2.56. The van der Waals surface area contributed by atoms with Crippen LogP contribution in [0.2, 0.25) is 0 Å². The van der Waals surface area contributed by atoms with Crippen LogP contribution in [-0.2, 0) is 5.41 Å². The van der Waals surface area contributed by atoms with Crippen LogP contribution in [0.4, 0.5) is 0 Å². The van der Waals surface area contributed by atoms with Crippen molar-refractivity contribution in [1.82, 2.24) is 0 Å². The summed E-state index contributed by atoms with van der Waals surface area (Å²) in [7, 11) is 0. The second kappa shape index (κ2) is 9.64. The molecule has 0 nitrogen and oxygen atoms in total. The molecule has 0 aromatic heterocycles. The lowest BCUT2D eigenvalue weighted by Gasteiger charge is -2.24. The van der Waals surface area contributed by atoms with Crippen molar-refractivity contribution in [3.63, 3.8) is 0 Å². The molecule has 0 spiro atoms. The van der Waals surface area contributed by atoms with E-state index in [2.05, 4.69) is 172 Å². The molecule has 9 aromatic carbocycles. The molecule has 0 fully saturated rings. The van der Waals surface area contributed by atoms with E-state index < -0.39 is 0 Å². The molecule has 0 aliphatic heterocycles. The molecule has 47 heavy (non-hydrogen) atoms. The van der Waals surface area contributed by atoms with E-state index in [0.29, 0.717) is 0 Å². The second-order valence-corrected chi connectivity index (χ2v) is 13.7. The largest absolute Gasteiger partial charge is 0.0616 e. The third kappa shape index (κ3) is 3.70. The van der Waals surface area contributed by atoms with Gasteiger partial charge in [0.25, 0.3) is 0 Å². The Kier molecular flexibility index (Phi) is 5.44. The highest BCUT2D eigenvalue weighted by atomic mass is 14.4. The fourth-order valence-electron chi connectivity index (χ4n) is 8.55. The van der Waals surface area contributed by atoms with Crippen LogP contribution < -0.4 is 0 Å². The van der Waals surface area contributed by atoms with Gasteiger partial charge in [0.1, 0.15) is 0 Å². The lowest BCUT2D eigenvalue weighted by atomic mass is 9.79. The molecule has 0 saturated carbocycles. The summed E-state index contributed by atoms with van der Waals surface area (Å²) in [6, 6.07) is 58.9. The predicted molar refractivity (Wildman–Crippen MR) is 202 cm³/mol. The van der Waals surface area contributed by atoms with Crippen LogP contribution in [-0.4, -0.2) is 0 Å². The normalized spacial score (nSPS) is 13.5. The van der Waals surface area contributed by atoms with Crippen LogP contribution >= 0.6 is 0 Å². The first kappa shape index (κ1) is 26.5. The van der Waals surface area contributed by atoms with Crippen LogP contribution in [0.1, 0.15) is 25.0 Å². The average molecular weight is 597 g/mol. The summed E-state index contributed by atoms with van der Waals surface area (Å²) in [5, 5.41) is 12.9. The molecule has 0 radical (unpaired) electrons. The molecule has 0 heterocycles. The molecule has 0 amide bonds. The number of benzene rings is 9. The number of hydrogen-bond donors (Lipinski definition) is 0. The maximum Gasteiger partial charge on any atom is 0.0159 e. The van der Waals surface area contributed by atoms with Gasteiger partial charge in [0.15, 0.2) is 0 Å². The van der Waals surface area contributed by atoms with E-state index in [-0.39, 0.29) is 5.41 Å². The molecule has 220 valence electrons. The topological polar surface area (TPSA) is 0 Å². The molecular formula is C47H32. The van der Waals surface area contributed by atoms with Gasteiger partial charge in [-0.05, 0) is 117 Å². The molecule has 0 bridgehead atoms. The van der Waals surface area contributed by atoms with Gasteiger partial charge in [-0.2, -0.15) is 0 Å². The summed E-state index contributed by atoms with van der Waals surface area (Å²) >= 11 is 0. The van der Waals surface area contributed by atoms with E-state index in [1.807, 2.05) is 0 Å². The lowest BCUT2D eigenvalue weighted by Crippen LogP contribution is -2.15. The van der Waals surface area contributed by atoms with Crippen molar-refractivity contribution in [2.45, 2.75) is 19.3 Å². The van der Waals surface area contributed by atoms with Crippen molar-refractivity contribution in [3.05, 3.63) is 169 Å². The molecule has 10 rings (SSSR count). The maximum atomic E-state index is 2.50. The second-order valence-electron chi connectivity index (χ2n) is 13.7. The summed E-state index contributed by atoms with van der Waals surface area (Å²) in [4.78, 5) is 0. The van der Waals surface area contributed by atoms with Gasteiger partial charge in [-0.25, -0.2) is 0 Å². The minimum absolute atomic E-state index is 0.170. The zero-order valence-electron chi connectivity index (χ0n) is 26.5. The van der Waals surface area contributed by atoms with Crippen LogP contribution in [0.3, 0.4) is 0 Å². The van der Waals surface area contributed by atoms with Gasteiger partial charge in [-0.3, -0.25) is 0 Å². The van der Waals surface area contributed by atoms with Gasteiger partial charge in [-0.1, -0.05) is 153 Å². The third-order valence-electron chi connectivity index (χ3n) is 10.8. The molecule has 9 aromatic rings. The molecule has 0 saturated heterocycles. The van der Waals surface area contributed by atoms with Crippen LogP contribution in [0.5, 0.6) is 0 Å². The molecule has 0 unspecified atom stereocenters. The van der Waals surface area contributed by atoms with Gasteiger partial charge < -0.3 is 0 Å². The first-order valence-electron chi connectivity index (χ1n) is 16.6.